The van der Waals surface area contributed by atoms with E-state index in [4.69, 9.17) is 5.11 Å². The van der Waals surface area contributed by atoms with Crippen LogP contribution >= 0.6 is 0 Å². The zero-order valence-electron chi connectivity index (χ0n) is 13.7. The zero-order valence-corrected chi connectivity index (χ0v) is 13.7. The Labute approximate surface area is 144 Å². The standard InChI is InChI=1S/C18H18F2N4O/c1-12-9-15(6-7-21-12)24-14(3-2-8-25)11-18(23-24)22-13-4-5-16(19)17(20)10-13/h4-7,9-11,25H,2-3,8H2,1H3,(H,22,23). The van der Waals surface area contributed by atoms with Crippen LogP contribution in [-0.2, 0) is 6.42 Å². The number of nitrogens with zero attached hydrogens (tertiary/aromatic N) is 3. The third-order valence-electron chi connectivity index (χ3n) is 3.69. The van der Waals surface area contributed by atoms with Crippen LogP contribution < -0.4 is 5.32 Å². The van der Waals surface area contributed by atoms with Crippen molar-refractivity contribution in [1.82, 2.24) is 14.8 Å². The third-order valence-corrected chi connectivity index (χ3v) is 3.69. The molecule has 0 saturated carbocycles. The molecule has 0 aliphatic carbocycles. The molecule has 2 N–H and O–H groups in total. The molecule has 130 valence electrons. The Kier molecular flexibility index (Phi) is 5.04. The van der Waals surface area contributed by atoms with Crippen molar-refractivity contribution in [3.05, 3.63) is 65.6 Å². The van der Waals surface area contributed by atoms with E-state index in [1.165, 1.54) is 6.07 Å². The van der Waals surface area contributed by atoms with Crippen molar-refractivity contribution in [3.8, 4) is 5.69 Å². The van der Waals surface area contributed by atoms with Crippen molar-refractivity contribution in [2.75, 3.05) is 11.9 Å². The quantitative estimate of drug-likeness (QED) is 0.718. The van der Waals surface area contributed by atoms with Crippen LogP contribution in [0.3, 0.4) is 0 Å². The molecule has 3 rings (SSSR count). The maximum atomic E-state index is 13.4. The molecular formula is C18H18F2N4O. The number of hydrogen-bond acceptors (Lipinski definition) is 4. The Hall–Kier alpha value is -2.80. The Morgan fingerprint density at radius 2 is 1.96 bits per heavy atom. The summed E-state index contributed by atoms with van der Waals surface area (Å²) in [7, 11) is 0. The van der Waals surface area contributed by atoms with Crippen LogP contribution in [0.15, 0.2) is 42.6 Å². The van der Waals surface area contributed by atoms with E-state index in [2.05, 4.69) is 15.4 Å². The number of anilines is 2. The zero-order chi connectivity index (χ0) is 17.8. The lowest BCUT2D eigenvalue weighted by Crippen LogP contribution is -2.04. The van der Waals surface area contributed by atoms with E-state index >= 15 is 0 Å². The van der Waals surface area contributed by atoms with Crippen LogP contribution in [0.5, 0.6) is 0 Å². The number of halogens is 2. The van der Waals surface area contributed by atoms with Gasteiger partial charge in [0.05, 0.1) is 5.69 Å². The molecule has 0 aliphatic heterocycles. The molecule has 0 spiro atoms. The van der Waals surface area contributed by atoms with E-state index in [1.807, 2.05) is 25.1 Å². The number of benzene rings is 1. The number of aliphatic hydroxyl groups is 1. The van der Waals surface area contributed by atoms with Crippen molar-refractivity contribution in [2.45, 2.75) is 19.8 Å². The molecule has 3 aromatic rings. The SMILES string of the molecule is Cc1cc(-n2nc(Nc3ccc(F)c(F)c3)cc2CCCO)ccn1. The molecule has 0 amide bonds. The average molecular weight is 344 g/mol. The predicted octanol–water partition coefficient (Wildman–Crippen LogP) is 3.52. The summed E-state index contributed by atoms with van der Waals surface area (Å²) in [6.07, 6.45) is 2.93. The molecule has 0 fully saturated rings. The smallest absolute Gasteiger partial charge is 0.160 e. The largest absolute Gasteiger partial charge is 0.396 e. The van der Waals surface area contributed by atoms with Crippen LogP contribution in [0.1, 0.15) is 17.8 Å². The van der Waals surface area contributed by atoms with Gasteiger partial charge in [-0.15, -0.1) is 5.10 Å². The molecule has 5 nitrogen and oxygen atoms in total. The fourth-order valence-electron chi connectivity index (χ4n) is 2.53. The van der Waals surface area contributed by atoms with Crippen molar-refractivity contribution < 1.29 is 13.9 Å². The molecular weight excluding hydrogens is 326 g/mol. The predicted molar refractivity (Wildman–Crippen MR) is 91.1 cm³/mol. The van der Waals surface area contributed by atoms with Gasteiger partial charge >= 0.3 is 0 Å². The molecule has 0 unspecified atom stereocenters. The number of aliphatic hydroxyl groups excluding tert-OH is 1. The van der Waals surface area contributed by atoms with Gasteiger partial charge in [0.1, 0.15) is 0 Å². The maximum absolute atomic E-state index is 13.4. The highest BCUT2D eigenvalue weighted by Gasteiger charge is 2.11. The lowest BCUT2D eigenvalue weighted by atomic mass is 10.2. The number of rotatable bonds is 6. The van der Waals surface area contributed by atoms with E-state index in [1.54, 1.807) is 10.9 Å². The van der Waals surface area contributed by atoms with Crippen molar-refractivity contribution in [2.24, 2.45) is 0 Å². The number of nitrogens with one attached hydrogen (secondary N) is 1. The van der Waals surface area contributed by atoms with Gasteiger partial charge < -0.3 is 10.4 Å². The number of pyridine rings is 1. The summed E-state index contributed by atoms with van der Waals surface area (Å²) in [5, 5.41) is 16.6. The summed E-state index contributed by atoms with van der Waals surface area (Å²) in [5.41, 5.74) is 3.00. The Bertz CT molecular complexity index is 879. The first kappa shape index (κ1) is 17.0. The maximum Gasteiger partial charge on any atom is 0.160 e. The van der Waals surface area contributed by atoms with Crippen molar-refractivity contribution >= 4 is 11.5 Å². The van der Waals surface area contributed by atoms with Gasteiger partial charge in [-0.25, -0.2) is 13.5 Å². The van der Waals surface area contributed by atoms with Crippen molar-refractivity contribution in [3.63, 3.8) is 0 Å². The molecule has 7 heteroatoms. The Morgan fingerprint density at radius 1 is 1.12 bits per heavy atom. The number of hydrogen-bond donors (Lipinski definition) is 2. The second-order valence-electron chi connectivity index (χ2n) is 5.67. The van der Waals surface area contributed by atoms with Crippen molar-refractivity contribution in [1.29, 1.82) is 0 Å². The minimum absolute atomic E-state index is 0.0759. The molecule has 25 heavy (non-hydrogen) atoms. The summed E-state index contributed by atoms with van der Waals surface area (Å²) in [5.74, 6) is -1.31. The fraction of sp³-hybridized carbons (Fsp3) is 0.222. The molecule has 0 bridgehead atoms. The highest BCUT2D eigenvalue weighted by Crippen LogP contribution is 2.22. The van der Waals surface area contributed by atoms with Crippen LogP contribution in [0.4, 0.5) is 20.3 Å². The summed E-state index contributed by atoms with van der Waals surface area (Å²) in [4.78, 5) is 4.18. The van der Waals surface area contributed by atoms with Gasteiger partial charge in [0.25, 0.3) is 0 Å². The van der Waals surface area contributed by atoms with Crippen LogP contribution in [0.25, 0.3) is 5.69 Å². The minimum Gasteiger partial charge on any atom is -0.396 e. The Morgan fingerprint density at radius 3 is 2.68 bits per heavy atom. The lowest BCUT2D eigenvalue weighted by molar-refractivity contribution is 0.287. The molecule has 2 heterocycles. The average Bonchev–Trinajstić information content (AvgIpc) is 2.99. The molecule has 0 aliphatic rings. The Balaban J connectivity index is 1.93. The lowest BCUT2D eigenvalue weighted by Gasteiger charge is -2.07. The molecule has 2 aromatic heterocycles. The second kappa shape index (κ2) is 7.40. The minimum atomic E-state index is -0.922. The van der Waals surface area contributed by atoms with Gasteiger partial charge in [0.2, 0.25) is 0 Å². The van der Waals surface area contributed by atoms with Gasteiger partial charge in [-0.3, -0.25) is 4.98 Å². The first-order valence-electron chi connectivity index (χ1n) is 7.92. The highest BCUT2D eigenvalue weighted by molar-refractivity contribution is 5.57. The first-order valence-corrected chi connectivity index (χ1v) is 7.92. The summed E-state index contributed by atoms with van der Waals surface area (Å²) in [6, 6.07) is 9.15. The summed E-state index contributed by atoms with van der Waals surface area (Å²) >= 11 is 0. The monoisotopic (exact) mass is 344 g/mol. The van der Waals surface area contributed by atoms with E-state index < -0.39 is 11.6 Å². The van der Waals surface area contributed by atoms with Gasteiger partial charge in [0.15, 0.2) is 17.5 Å². The van der Waals surface area contributed by atoms with E-state index in [0.29, 0.717) is 24.3 Å². The van der Waals surface area contributed by atoms with Gasteiger partial charge in [-0.1, -0.05) is 0 Å². The molecule has 0 saturated heterocycles. The normalized spacial score (nSPS) is 10.9. The van der Waals surface area contributed by atoms with E-state index in [9.17, 15) is 8.78 Å². The topological polar surface area (TPSA) is 63.0 Å². The van der Waals surface area contributed by atoms with E-state index in [-0.39, 0.29) is 6.61 Å². The first-order chi connectivity index (χ1) is 12.1. The summed E-state index contributed by atoms with van der Waals surface area (Å²) < 4.78 is 28.2. The van der Waals surface area contributed by atoms with Crippen LogP contribution in [0.2, 0.25) is 0 Å². The second-order valence-corrected chi connectivity index (χ2v) is 5.67. The fourth-order valence-corrected chi connectivity index (χ4v) is 2.53. The summed E-state index contributed by atoms with van der Waals surface area (Å²) in [6.45, 7) is 1.97. The van der Waals surface area contributed by atoms with Crippen LogP contribution in [0, 0.1) is 18.6 Å². The number of aromatic nitrogens is 3. The third kappa shape index (κ3) is 4.00. The van der Waals surface area contributed by atoms with Gasteiger partial charge in [-0.05, 0) is 44.0 Å². The van der Waals surface area contributed by atoms with Gasteiger partial charge in [-0.2, -0.15) is 0 Å². The van der Waals surface area contributed by atoms with E-state index in [0.717, 1.165) is 29.2 Å². The molecule has 0 radical (unpaired) electrons. The van der Waals surface area contributed by atoms with Crippen LogP contribution in [-0.4, -0.2) is 26.5 Å². The number of aryl methyl sites for hydroxylation is 2. The molecule has 1 aromatic carbocycles. The molecule has 0 atom stereocenters. The van der Waals surface area contributed by atoms with Gasteiger partial charge in [0, 0.05) is 42.0 Å². The highest BCUT2D eigenvalue weighted by atomic mass is 19.2.